The molecule has 9 heteroatoms. The van der Waals surface area contributed by atoms with Crippen LogP contribution in [0.3, 0.4) is 0 Å². The lowest BCUT2D eigenvalue weighted by molar-refractivity contribution is -0.120. The summed E-state index contributed by atoms with van der Waals surface area (Å²) in [7, 11) is 1.70. The normalized spacial score (nSPS) is 13.3. The summed E-state index contributed by atoms with van der Waals surface area (Å²) < 4.78 is 10.6. The van der Waals surface area contributed by atoms with Gasteiger partial charge in [-0.3, -0.25) is 4.79 Å². The second-order valence-corrected chi connectivity index (χ2v) is 6.68. The van der Waals surface area contributed by atoms with E-state index in [1.54, 1.807) is 36.4 Å². The van der Waals surface area contributed by atoms with Crippen molar-refractivity contribution in [2.45, 2.75) is 6.92 Å². The number of rotatable bonds is 4. The largest absolute Gasteiger partial charge is 0.482 e. The van der Waals surface area contributed by atoms with Gasteiger partial charge in [-0.15, -0.1) is 11.3 Å². The molecule has 1 aliphatic rings. The highest BCUT2D eigenvalue weighted by molar-refractivity contribution is 7.17. The van der Waals surface area contributed by atoms with Crippen LogP contribution in [0.1, 0.15) is 17.3 Å². The molecule has 4 rings (SSSR count). The van der Waals surface area contributed by atoms with E-state index in [1.165, 1.54) is 17.7 Å². The SMILES string of the molecule is CCOC(=O)c1csc2ncnc(Nc3ccc4c(c3)N(C)C(=O)CO4)c12. The first-order valence-corrected chi connectivity index (χ1v) is 9.16. The van der Waals surface area contributed by atoms with Crippen molar-refractivity contribution in [3.63, 3.8) is 0 Å². The van der Waals surface area contributed by atoms with Crippen LogP contribution in [0.5, 0.6) is 5.75 Å². The van der Waals surface area contributed by atoms with E-state index >= 15 is 0 Å². The first-order valence-electron chi connectivity index (χ1n) is 8.28. The van der Waals surface area contributed by atoms with Crippen LogP contribution < -0.4 is 15.0 Å². The monoisotopic (exact) mass is 384 g/mol. The lowest BCUT2D eigenvalue weighted by Crippen LogP contribution is -2.35. The van der Waals surface area contributed by atoms with Crippen LogP contribution in [0, 0.1) is 0 Å². The molecule has 0 fully saturated rings. The zero-order valence-electron chi connectivity index (χ0n) is 14.7. The fourth-order valence-corrected chi connectivity index (χ4v) is 3.69. The van der Waals surface area contributed by atoms with Gasteiger partial charge in [0.05, 0.1) is 23.2 Å². The third kappa shape index (κ3) is 3.06. The number of ether oxygens (including phenoxy) is 2. The van der Waals surface area contributed by atoms with E-state index in [0.29, 0.717) is 38.7 Å². The van der Waals surface area contributed by atoms with E-state index in [1.807, 2.05) is 6.07 Å². The first-order chi connectivity index (χ1) is 13.1. The van der Waals surface area contributed by atoms with E-state index in [2.05, 4.69) is 15.3 Å². The predicted octanol–water partition coefficient (Wildman–Crippen LogP) is 2.97. The van der Waals surface area contributed by atoms with Crippen molar-refractivity contribution in [1.29, 1.82) is 0 Å². The Kier molecular flexibility index (Phi) is 4.36. The van der Waals surface area contributed by atoms with Gasteiger partial charge < -0.3 is 19.7 Å². The van der Waals surface area contributed by atoms with Crippen molar-refractivity contribution in [3.8, 4) is 5.75 Å². The molecule has 1 aromatic carbocycles. The molecule has 8 nitrogen and oxygen atoms in total. The number of fused-ring (bicyclic) bond motifs is 2. The van der Waals surface area contributed by atoms with Crippen LogP contribution >= 0.6 is 11.3 Å². The number of amides is 1. The number of carbonyl (C=O) groups excluding carboxylic acids is 2. The van der Waals surface area contributed by atoms with Crippen molar-refractivity contribution >= 4 is 50.6 Å². The van der Waals surface area contributed by atoms with Crippen LogP contribution in [0.15, 0.2) is 29.9 Å². The highest BCUT2D eigenvalue weighted by Gasteiger charge is 2.23. The minimum absolute atomic E-state index is 0.0284. The Hall–Kier alpha value is -3.20. The molecular formula is C18H16N4O4S. The molecule has 0 atom stereocenters. The van der Waals surface area contributed by atoms with Gasteiger partial charge in [-0.05, 0) is 25.1 Å². The number of thiophene rings is 1. The number of aromatic nitrogens is 2. The molecule has 3 heterocycles. The molecule has 138 valence electrons. The molecule has 2 aromatic heterocycles. The topological polar surface area (TPSA) is 93.6 Å². The van der Waals surface area contributed by atoms with Crippen molar-refractivity contribution in [3.05, 3.63) is 35.5 Å². The Morgan fingerprint density at radius 1 is 1.41 bits per heavy atom. The minimum atomic E-state index is -0.411. The summed E-state index contributed by atoms with van der Waals surface area (Å²) in [6.45, 7) is 2.08. The molecule has 1 amide bonds. The Balaban J connectivity index is 1.73. The quantitative estimate of drug-likeness (QED) is 0.691. The molecule has 0 radical (unpaired) electrons. The average Bonchev–Trinajstić information content (AvgIpc) is 3.11. The van der Waals surface area contributed by atoms with Crippen molar-refractivity contribution in [2.24, 2.45) is 0 Å². The Morgan fingerprint density at radius 3 is 3.07 bits per heavy atom. The maximum Gasteiger partial charge on any atom is 0.339 e. The molecule has 0 saturated carbocycles. The second kappa shape index (κ2) is 6.84. The number of benzene rings is 1. The van der Waals surface area contributed by atoms with Gasteiger partial charge in [0, 0.05) is 18.1 Å². The summed E-state index contributed by atoms with van der Waals surface area (Å²) in [6.07, 6.45) is 1.44. The fourth-order valence-electron chi connectivity index (χ4n) is 2.82. The summed E-state index contributed by atoms with van der Waals surface area (Å²) in [6, 6.07) is 5.42. The lowest BCUT2D eigenvalue weighted by atomic mass is 10.2. The summed E-state index contributed by atoms with van der Waals surface area (Å²) in [5.74, 6) is 0.602. The molecule has 27 heavy (non-hydrogen) atoms. The molecule has 1 aliphatic heterocycles. The molecule has 0 bridgehead atoms. The van der Waals surface area contributed by atoms with Gasteiger partial charge in [-0.25, -0.2) is 14.8 Å². The van der Waals surface area contributed by atoms with E-state index in [9.17, 15) is 9.59 Å². The highest BCUT2D eigenvalue weighted by Crippen LogP contribution is 2.36. The number of esters is 1. The van der Waals surface area contributed by atoms with Crippen molar-refractivity contribution in [1.82, 2.24) is 9.97 Å². The molecule has 0 aliphatic carbocycles. The van der Waals surface area contributed by atoms with Gasteiger partial charge in [0.25, 0.3) is 5.91 Å². The number of hydrogen-bond acceptors (Lipinski definition) is 8. The minimum Gasteiger partial charge on any atom is -0.482 e. The number of anilines is 3. The van der Waals surface area contributed by atoms with Crippen LogP contribution in [-0.2, 0) is 9.53 Å². The van der Waals surface area contributed by atoms with E-state index in [4.69, 9.17) is 9.47 Å². The Labute approximate surface area is 158 Å². The van der Waals surface area contributed by atoms with Gasteiger partial charge in [0.15, 0.2) is 6.61 Å². The number of hydrogen-bond donors (Lipinski definition) is 1. The third-order valence-electron chi connectivity index (χ3n) is 4.17. The Bertz CT molecular complexity index is 1050. The van der Waals surface area contributed by atoms with Crippen molar-refractivity contribution in [2.75, 3.05) is 30.5 Å². The van der Waals surface area contributed by atoms with E-state index < -0.39 is 5.97 Å². The molecule has 0 unspecified atom stereocenters. The standard InChI is InChI=1S/C18H16N4O4S/c1-3-25-18(24)11-8-27-17-15(11)16(19-9-20-17)21-10-4-5-13-12(6-10)22(2)14(23)7-26-13/h4-6,8-9H,3,7H2,1-2H3,(H,19,20,21). The lowest BCUT2D eigenvalue weighted by Gasteiger charge is -2.26. The average molecular weight is 384 g/mol. The first kappa shape index (κ1) is 17.2. The zero-order chi connectivity index (χ0) is 19.0. The molecule has 1 N–H and O–H groups in total. The number of carbonyl (C=O) groups is 2. The van der Waals surface area contributed by atoms with E-state index in [-0.39, 0.29) is 19.1 Å². The number of nitrogens with zero attached hydrogens (tertiary/aromatic N) is 3. The van der Waals surface area contributed by atoms with Crippen molar-refractivity contribution < 1.29 is 19.1 Å². The number of nitrogens with one attached hydrogen (secondary N) is 1. The van der Waals surface area contributed by atoms with Gasteiger partial charge in [-0.2, -0.15) is 0 Å². The van der Waals surface area contributed by atoms with Gasteiger partial charge in [0.1, 0.15) is 22.7 Å². The van der Waals surface area contributed by atoms with Gasteiger partial charge in [0.2, 0.25) is 0 Å². The second-order valence-electron chi connectivity index (χ2n) is 5.82. The maximum absolute atomic E-state index is 12.2. The van der Waals surface area contributed by atoms with E-state index in [0.717, 1.165) is 0 Å². The molecular weight excluding hydrogens is 368 g/mol. The van der Waals surface area contributed by atoms with Crippen LogP contribution in [0.4, 0.5) is 17.2 Å². The Morgan fingerprint density at radius 2 is 2.26 bits per heavy atom. The fraction of sp³-hybridized carbons (Fsp3) is 0.222. The summed E-state index contributed by atoms with van der Waals surface area (Å²) >= 11 is 1.35. The molecule has 3 aromatic rings. The molecule has 0 spiro atoms. The predicted molar refractivity (Wildman–Crippen MR) is 102 cm³/mol. The van der Waals surface area contributed by atoms with Crippen LogP contribution in [0.2, 0.25) is 0 Å². The number of likely N-dealkylation sites (N-methyl/N-ethyl adjacent to an activating group) is 1. The zero-order valence-corrected chi connectivity index (χ0v) is 15.5. The summed E-state index contributed by atoms with van der Waals surface area (Å²) in [4.78, 5) is 34.8. The van der Waals surface area contributed by atoms with Crippen LogP contribution in [-0.4, -0.2) is 42.1 Å². The van der Waals surface area contributed by atoms with Gasteiger partial charge in [-0.1, -0.05) is 0 Å². The third-order valence-corrected chi connectivity index (χ3v) is 5.06. The highest BCUT2D eigenvalue weighted by atomic mass is 32.1. The smallest absolute Gasteiger partial charge is 0.339 e. The summed E-state index contributed by atoms with van der Waals surface area (Å²) in [5, 5.41) is 5.54. The van der Waals surface area contributed by atoms with Gasteiger partial charge >= 0.3 is 5.97 Å². The van der Waals surface area contributed by atoms with Crippen LogP contribution in [0.25, 0.3) is 10.2 Å². The molecule has 0 saturated heterocycles. The summed E-state index contributed by atoms with van der Waals surface area (Å²) in [5.41, 5.74) is 1.80. The maximum atomic E-state index is 12.2.